The van der Waals surface area contributed by atoms with Crippen LogP contribution in [-0.4, -0.2) is 93.9 Å². The summed E-state index contributed by atoms with van der Waals surface area (Å²) < 4.78 is 5.34. The molecule has 2 amide bonds. The molecule has 1 aromatic rings. The fourth-order valence-corrected chi connectivity index (χ4v) is 7.10. The van der Waals surface area contributed by atoms with Crippen molar-refractivity contribution < 1.29 is 29.3 Å². The minimum atomic E-state index is -1.13. The van der Waals surface area contributed by atoms with Gasteiger partial charge in [-0.2, -0.15) is 0 Å². The van der Waals surface area contributed by atoms with E-state index in [1.165, 1.54) is 16.7 Å². The van der Waals surface area contributed by atoms with Crippen LogP contribution >= 0.6 is 11.8 Å². The maximum absolute atomic E-state index is 13.0. The zero-order valence-corrected chi connectivity index (χ0v) is 21.5. The summed E-state index contributed by atoms with van der Waals surface area (Å²) >= 11 is 1.46. The maximum atomic E-state index is 13.0. The van der Waals surface area contributed by atoms with Crippen LogP contribution in [0.25, 0.3) is 0 Å². The summed E-state index contributed by atoms with van der Waals surface area (Å²) in [6, 6.07) is 7.07. The zero-order valence-electron chi connectivity index (χ0n) is 20.7. The van der Waals surface area contributed by atoms with E-state index in [9.17, 15) is 24.6 Å². The van der Waals surface area contributed by atoms with Gasteiger partial charge in [0.05, 0.1) is 31.2 Å². The summed E-state index contributed by atoms with van der Waals surface area (Å²) in [6.45, 7) is 4.66. The van der Waals surface area contributed by atoms with Gasteiger partial charge in [-0.3, -0.25) is 14.5 Å². The van der Waals surface area contributed by atoms with Gasteiger partial charge in [0.15, 0.2) is 0 Å². The Bertz CT molecular complexity index is 1060. The number of hydrogen-bond donors (Lipinski definition) is 2. The summed E-state index contributed by atoms with van der Waals surface area (Å²) in [5, 5.41) is 20.0. The SMILES string of the molecule is COc1cccc(CN2C[C@@H](SC3=C(C(=O)O)N4C(=O)[C@H]([C@@H](C)O)[C@H]4[C@H]3C)C[C@H]2C(=O)N(C)C)c1. The fourth-order valence-electron chi connectivity index (χ4n) is 5.54. The molecule has 2 fully saturated rings. The molecule has 0 spiro atoms. The second-order valence-electron chi connectivity index (χ2n) is 9.78. The van der Waals surface area contributed by atoms with Gasteiger partial charge >= 0.3 is 5.97 Å². The number of carbonyl (C=O) groups excluding carboxylic acids is 2. The first kappa shape index (κ1) is 25.5. The van der Waals surface area contributed by atoms with Crippen LogP contribution in [0.4, 0.5) is 0 Å². The van der Waals surface area contributed by atoms with Gasteiger partial charge in [-0.15, -0.1) is 11.8 Å². The Kier molecular flexibility index (Phi) is 7.17. The normalized spacial score (nSPS) is 29.1. The van der Waals surface area contributed by atoms with Crippen molar-refractivity contribution in [2.45, 2.75) is 50.3 Å². The summed E-state index contributed by atoms with van der Waals surface area (Å²) in [6.07, 6.45) is -0.259. The maximum Gasteiger partial charge on any atom is 0.353 e. The Balaban J connectivity index is 1.57. The number of nitrogens with zero attached hydrogens (tertiary/aromatic N) is 3. The van der Waals surface area contributed by atoms with Crippen LogP contribution in [0.3, 0.4) is 0 Å². The number of aliphatic hydroxyl groups excluding tert-OH is 1. The van der Waals surface area contributed by atoms with Crippen LogP contribution in [0.15, 0.2) is 34.9 Å². The zero-order chi connectivity index (χ0) is 25.6. The molecule has 3 aliphatic rings. The van der Waals surface area contributed by atoms with Crippen molar-refractivity contribution in [3.8, 4) is 5.75 Å². The first-order chi connectivity index (χ1) is 16.5. The summed E-state index contributed by atoms with van der Waals surface area (Å²) in [5.41, 5.74) is 1.05. The van der Waals surface area contributed by atoms with Crippen molar-refractivity contribution in [3.63, 3.8) is 0 Å². The van der Waals surface area contributed by atoms with Crippen LogP contribution in [0.1, 0.15) is 25.8 Å². The van der Waals surface area contributed by atoms with Gasteiger partial charge in [0, 0.05) is 43.3 Å². The molecule has 0 saturated carbocycles. The molecule has 3 heterocycles. The number of benzene rings is 1. The highest BCUT2D eigenvalue weighted by Crippen LogP contribution is 2.52. The Morgan fingerprint density at radius 3 is 2.63 bits per heavy atom. The van der Waals surface area contributed by atoms with Crippen molar-refractivity contribution in [1.29, 1.82) is 0 Å². The largest absolute Gasteiger partial charge is 0.497 e. The first-order valence-electron chi connectivity index (χ1n) is 11.8. The van der Waals surface area contributed by atoms with E-state index in [1.807, 2.05) is 31.2 Å². The van der Waals surface area contributed by atoms with Gasteiger partial charge in [0.1, 0.15) is 11.4 Å². The topological polar surface area (TPSA) is 111 Å². The van der Waals surface area contributed by atoms with Gasteiger partial charge in [-0.05, 0) is 31.0 Å². The van der Waals surface area contributed by atoms with E-state index in [4.69, 9.17) is 4.74 Å². The van der Waals surface area contributed by atoms with Crippen molar-refractivity contribution in [1.82, 2.24) is 14.7 Å². The minimum Gasteiger partial charge on any atom is -0.497 e. The average molecular weight is 504 g/mol. The van der Waals surface area contributed by atoms with Crippen molar-refractivity contribution in [2.75, 3.05) is 27.7 Å². The summed E-state index contributed by atoms with van der Waals surface area (Å²) in [5.74, 6) is -1.49. The molecule has 0 radical (unpaired) electrons. The molecule has 3 aliphatic heterocycles. The van der Waals surface area contributed by atoms with Crippen LogP contribution in [-0.2, 0) is 20.9 Å². The second-order valence-corrected chi connectivity index (χ2v) is 11.1. The molecule has 0 unspecified atom stereocenters. The monoisotopic (exact) mass is 503 g/mol. The lowest BCUT2D eigenvalue weighted by molar-refractivity contribution is -0.163. The number of thioether (sulfide) groups is 1. The van der Waals surface area contributed by atoms with Crippen LogP contribution in [0.5, 0.6) is 5.75 Å². The molecule has 0 aromatic heterocycles. The Morgan fingerprint density at radius 1 is 1.31 bits per heavy atom. The molecule has 4 rings (SSSR count). The molecule has 190 valence electrons. The number of likely N-dealkylation sites (tertiary alicyclic amines) is 1. The van der Waals surface area contributed by atoms with E-state index in [2.05, 4.69) is 4.90 Å². The lowest BCUT2D eigenvalue weighted by atomic mass is 9.79. The van der Waals surface area contributed by atoms with Gasteiger partial charge in [-0.1, -0.05) is 19.1 Å². The molecule has 35 heavy (non-hydrogen) atoms. The number of carboxylic acid groups (broad SMARTS) is 1. The molecule has 0 aliphatic carbocycles. The second kappa shape index (κ2) is 9.83. The highest BCUT2D eigenvalue weighted by molar-refractivity contribution is 8.03. The predicted molar refractivity (Wildman–Crippen MR) is 132 cm³/mol. The average Bonchev–Trinajstić information content (AvgIpc) is 3.30. The number of carboxylic acids is 1. The van der Waals surface area contributed by atoms with Gasteiger partial charge in [-0.25, -0.2) is 4.79 Å². The number of carbonyl (C=O) groups is 3. The van der Waals surface area contributed by atoms with E-state index in [-0.39, 0.29) is 40.8 Å². The van der Waals surface area contributed by atoms with Gasteiger partial charge < -0.3 is 24.7 Å². The van der Waals surface area contributed by atoms with Crippen LogP contribution in [0.2, 0.25) is 0 Å². The number of fused-ring (bicyclic) bond motifs is 1. The molecule has 6 atom stereocenters. The number of aliphatic carboxylic acids is 1. The number of rotatable bonds is 8. The van der Waals surface area contributed by atoms with E-state index in [0.717, 1.165) is 11.3 Å². The lowest BCUT2D eigenvalue weighted by Crippen LogP contribution is -2.63. The van der Waals surface area contributed by atoms with Crippen LogP contribution < -0.4 is 4.74 Å². The van der Waals surface area contributed by atoms with E-state index >= 15 is 0 Å². The molecular weight excluding hydrogens is 470 g/mol. The Hall–Kier alpha value is -2.56. The third-order valence-electron chi connectivity index (χ3n) is 7.22. The first-order valence-corrected chi connectivity index (χ1v) is 12.7. The Morgan fingerprint density at radius 2 is 2.03 bits per heavy atom. The van der Waals surface area contributed by atoms with Crippen molar-refractivity contribution in [3.05, 3.63) is 40.4 Å². The molecule has 1 aromatic carbocycles. The quantitative estimate of drug-likeness (QED) is 0.515. The smallest absolute Gasteiger partial charge is 0.353 e. The number of β-lactam (4-membered cyclic amide) rings is 1. The molecule has 9 nitrogen and oxygen atoms in total. The van der Waals surface area contributed by atoms with E-state index in [1.54, 1.807) is 33.0 Å². The summed E-state index contributed by atoms with van der Waals surface area (Å²) in [4.78, 5) is 43.6. The van der Waals surface area contributed by atoms with Gasteiger partial charge in [0.2, 0.25) is 11.8 Å². The van der Waals surface area contributed by atoms with E-state index < -0.39 is 18.0 Å². The lowest BCUT2D eigenvalue weighted by Gasteiger charge is -2.46. The molecule has 2 saturated heterocycles. The van der Waals surface area contributed by atoms with E-state index in [0.29, 0.717) is 24.4 Å². The summed E-state index contributed by atoms with van der Waals surface area (Å²) in [7, 11) is 5.10. The number of aliphatic hydroxyl groups is 1. The molecule has 2 N–H and O–H groups in total. The highest BCUT2D eigenvalue weighted by atomic mass is 32.2. The van der Waals surface area contributed by atoms with Gasteiger partial charge in [0.25, 0.3) is 0 Å². The molecule has 0 bridgehead atoms. The number of hydrogen-bond acceptors (Lipinski definition) is 7. The van der Waals surface area contributed by atoms with Crippen molar-refractivity contribution in [2.24, 2.45) is 11.8 Å². The van der Waals surface area contributed by atoms with Crippen LogP contribution in [0, 0.1) is 11.8 Å². The standard InChI is InChI=1S/C25H33N3O6S/c1-13-20-19(14(2)29)24(31)28(20)21(25(32)33)22(13)35-17-10-18(23(30)26(3)4)27(12-17)11-15-7-6-8-16(9-15)34-5/h6-9,13-14,17-20,29H,10-12H2,1-5H3,(H,32,33)/t13-,14-,17+,18+,19-,20-/m1/s1. The predicted octanol–water partition coefficient (Wildman–Crippen LogP) is 1.61. The van der Waals surface area contributed by atoms with Crippen molar-refractivity contribution >= 4 is 29.5 Å². The number of likely N-dealkylation sites (N-methyl/N-ethyl adjacent to an activating group) is 1. The third kappa shape index (κ3) is 4.54. The number of amides is 2. The third-order valence-corrected chi connectivity index (χ3v) is 8.71. The Labute approximate surface area is 209 Å². The number of methoxy groups -OCH3 is 1. The highest BCUT2D eigenvalue weighted by Gasteiger charge is 2.60. The number of ether oxygens (including phenoxy) is 1. The molecular formula is C25H33N3O6S. The minimum absolute atomic E-state index is 0.0103. The fraction of sp³-hybridized carbons (Fsp3) is 0.560. The molecule has 10 heteroatoms.